The van der Waals surface area contributed by atoms with Crippen molar-refractivity contribution in [2.24, 2.45) is 0 Å². The summed E-state index contributed by atoms with van der Waals surface area (Å²) in [5.41, 5.74) is 1.18. The van der Waals surface area contributed by atoms with Crippen LogP contribution in [0.25, 0.3) is 0 Å². The molecule has 1 atom stereocenters. The Morgan fingerprint density at radius 1 is 1.33 bits per heavy atom. The molecule has 0 aromatic heterocycles. The van der Waals surface area contributed by atoms with Gasteiger partial charge in [0.05, 0.1) is 6.10 Å². The van der Waals surface area contributed by atoms with Crippen molar-refractivity contribution in [1.29, 1.82) is 0 Å². The Morgan fingerprint density at radius 3 is 2.33 bits per heavy atom. The molecule has 82 valence electrons. The van der Waals surface area contributed by atoms with Crippen LogP contribution in [0, 0.1) is 0 Å². The first-order valence-corrected chi connectivity index (χ1v) is 6.69. The zero-order chi connectivity index (χ0) is 10.9. The van der Waals surface area contributed by atoms with Crippen molar-refractivity contribution in [2.45, 2.75) is 30.8 Å². The van der Waals surface area contributed by atoms with Gasteiger partial charge < -0.3 is 5.11 Å². The first-order chi connectivity index (χ1) is 7.19. The second-order valence-electron chi connectivity index (χ2n) is 4.19. The Labute approximate surface area is 104 Å². The van der Waals surface area contributed by atoms with Crippen molar-refractivity contribution >= 4 is 27.5 Å². The third kappa shape index (κ3) is 1.95. The van der Waals surface area contributed by atoms with E-state index in [2.05, 4.69) is 15.9 Å². The lowest BCUT2D eigenvalue weighted by atomic mass is 9.61. The van der Waals surface area contributed by atoms with Crippen molar-refractivity contribution in [3.05, 3.63) is 34.9 Å². The molecule has 1 aromatic rings. The van der Waals surface area contributed by atoms with Gasteiger partial charge in [-0.05, 0) is 30.5 Å². The summed E-state index contributed by atoms with van der Waals surface area (Å²) in [5.74, 6) is 0. The summed E-state index contributed by atoms with van der Waals surface area (Å²) in [6.45, 7) is 0. The quantitative estimate of drug-likeness (QED) is 0.844. The maximum atomic E-state index is 10.1. The average molecular weight is 290 g/mol. The van der Waals surface area contributed by atoms with Gasteiger partial charge in [0, 0.05) is 15.8 Å². The van der Waals surface area contributed by atoms with Gasteiger partial charge in [-0.1, -0.05) is 46.1 Å². The highest BCUT2D eigenvalue weighted by molar-refractivity contribution is 9.09. The van der Waals surface area contributed by atoms with Gasteiger partial charge in [-0.15, -0.1) is 0 Å². The van der Waals surface area contributed by atoms with Crippen LogP contribution >= 0.6 is 27.5 Å². The summed E-state index contributed by atoms with van der Waals surface area (Å²) in [6.07, 6.45) is 3.04. The van der Waals surface area contributed by atoms with E-state index in [1.807, 2.05) is 24.3 Å². The van der Waals surface area contributed by atoms with Crippen LogP contribution in [-0.4, -0.2) is 16.5 Å². The SMILES string of the molecule is O[C@@H](CBr)C1(c2ccc(Cl)cc2)CCC1. The number of aliphatic hydroxyl groups is 1. The highest BCUT2D eigenvalue weighted by Crippen LogP contribution is 2.47. The molecule has 0 amide bonds. The molecule has 0 aliphatic heterocycles. The van der Waals surface area contributed by atoms with Crippen LogP contribution in [0.2, 0.25) is 5.02 Å². The predicted octanol–water partition coefficient (Wildman–Crippen LogP) is 3.52. The van der Waals surface area contributed by atoms with E-state index in [1.165, 1.54) is 12.0 Å². The zero-order valence-corrected chi connectivity index (χ0v) is 10.8. The van der Waals surface area contributed by atoms with Crippen molar-refractivity contribution in [1.82, 2.24) is 0 Å². The average Bonchev–Trinajstić information content (AvgIpc) is 2.19. The van der Waals surface area contributed by atoms with E-state index in [0.717, 1.165) is 17.9 Å². The minimum absolute atomic E-state index is 0.0336. The second kappa shape index (κ2) is 4.44. The molecular formula is C12H14BrClO. The number of benzene rings is 1. The molecule has 1 aliphatic rings. The number of alkyl halides is 1. The molecule has 1 aliphatic carbocycles. The Hall–Kier alpha value is -0.0500. The molecule has 3 heteroatoms. The molecule has 0 unspecified atom stereocenters. The summed E-state index contributed by atoms with van der Waals surface area (Å²) in [6, 6.07) is 7.87. The lowest BCUT2D eigenvalue weighted by Gasteiger charge is -2.45. The van der Waals surface area contributed by atoms with Gasteiger partial charge in [0.25, 0.3) is 0 Å². The highest BCUT2D eigenvalue weighted by atomic mass is 79.9. The van der Waals surface area contributed by atoms with Crippen LogP contribution < -0.4 is 0 Å². The molecule has 1 N–H and O–H groups in total. The summed E-state index contributed by atoms with van der Waals surface area (Å²) in [7, 11) is 0. The van der Waals surface area contributed by atoms with E-state index in [9.17, 15) is 5.11 Å². The first-order valence-electron chi connectivity index (χ1n) is 5.19. The molecule has 15 heavy (non-hydrogen) atoms. The molecule has 1 saturated carbocycles. The second-order valence-corrected chi connectivity index (χ2v) is 5.27. The highest BCUT2D eigenvalue weighted by Gasteiger charge is 2.44. The van der Waals surface area contributed by atoms with Crippen molar-refractivity contribution in [2.75, 3.05) is 5.33 Å². The predicted molar refractivity (Wildman–Crippen MR) is 66.8 cm³/mol. The van der Waals surface area contributed by atoms with E-state index in [-0.39, 0.29) is 11.5 Å². The van der Waals surface area contributed by atoms with E-state index in [0.29, 0.717) is 5.33 Å². The standard InChI is InChI=1S/C12H14BrClO/c13-8-11(15)12(6-1-7-12)9-2-4-10(14)5-3-9/h2-5,11,15H,1,6-8H2/t11-/m0/s1. The van der Waals surface area contributed by atoms with Gasteiger partial charge in [0.15, 0.2) is 0 Å². The van der Waals surface area contributed by atoms with Crippen molar-refractivity contribution < 1.29 is 5.11 Å². The fourth-order valence-electron chi connectivity index (χ4n) is 2.30. The smallest absolute Gasteiger partial charge is 0.0733 e. The van der Waals surface area contributed by atoms with Crippen LogP contribution in [0.5, 0.6) is 0 Å². The number of rotatable bonds is 3. The molecule has 2 rings (SSSR count). The van der Waals surface area contributed by atoms with Gasteiger partial charge in [-0.3, -0.25) is 0 Å². The van der Waals surface area contributed by atoms with Gasteiger partial charge >= 0.3 is 0 Å². The summed E-state index contributed by atoms with van der Waals surface area (Å²) in [5, 5.41) is 11.5. The van der Waals surface area contributed by atoms with Crippen LogP contribution in [-0.2, 0) is 5.41 Å². The van der Waals surface area contributed by atoms with Crippen LogP contribution in [0.1, 0.15) is 24.8 Å². The largest absolute Gasteiger partial charge is 0.391 e. The molecule has 1 fully saturated rings. The minimum atomic E-state index is -0.299. The molecule has 1 nitrogen and oxygen atoms in total. The molecule has 1 aromatic carbocycles. The lowest BCUT2D eigenvalue weighted by Crippen LogP contribution is -2.46. The van der Waals surface area contributed by atoms with Crippen LogP contribution in [0.15, 0.2) is 24.3 Å². The molecule has 0 saturated heterocycles. The summed E-state index contributed by atoms with van der Waals surface area (Å²) < 4.78 is 0. The van der Waals surface area contributed by atoms with Crippen molar-refractivity contribution in [3.63, 3.8) is 0 Å². The number of hydrogen-bond donors (Lipinski definition) is 1. The first kappa shape index (κ1) is 11.4. The maximum Gasteiger partial charge on any atom is 0.0733 e. The number of halogens is 2. The fourth-order valence-corrected chi connectivity index (χ4v) is 3.05. The van der Waals surface area contributed by atoms with Gasteiger partial charge in [-0.2, -0.15) is 0 Å². The van der Waals surface area contributed by atoms with E-state index in [4.69, 9.17) is 11.6 Å². The Morgan fingerprint density at radius 2 is 1.93 bits per heavy atom. The zero-order valence-electron chi connectivity index (χ0n) is 8.42. The van der Waals surface area contributed by atoms with E-state index < -0.39 is 0 Å². The fraction of sp³-hybridized carbons (Fsp3) is 0.500. The topological polar surface area (TPSA) is 20.2 Å². The monoisotopic (exact) mass is 288 g/mol. The third-order valence-electron chi connectivity index (χ3n) is 3.45. The molecule has 0 heterocycles. The molecule has 0 spiro atoms. The number of aliphatic hydroxyl groups excluding tert-OH is 1. The van der Waals surface area contributed by atoms with Gasteiger partial charge in [-0.25, -0.2) is 0 Å². The maximum absolute atomic E-state index is 10.1. The summed E-state index contributed by atoms with van der Waals surface area (Å²) >= 11 is 9.23. The minimum Gasteiger partial charge on any atom is -0.391 e. The normalized spacial score (nSPS) is 20.7. The number of hydrogen-bond acceptors (Lipinski definition) is 1. The van der Waals surface area contributed by atoms with Crippen LogP contribution in [0.3, 0.4) is 0 Å². The molecular weight excluding hydrogens is 275 g/mol. The Kier molecular flexibility index (Phi) is 3.39. The van der Waals surface area contributed by atoms with E-state index in [1.54, 1.807) is 0 Å². The van der Waals surface area contributed by atoms with Gasteiger partial charge in [0.2, 0.25) is 0 Å². The van der Waals surface area contributed by atoms with Crippen molar-refractivity contribution in [3.8, 4) is 0 Å². The van der Waals surface area contributed by atoms with Crippen LogP contribution in [0.4, 0.5) is 0 Å². The third-order valence-corrected chi connectivity index (χ3v) is 4.31. The lowest BCUT2D eigenvalue weighted by molar-refractivity contribution is 0.0463. The van der Waals surface area contributed by atoms with Gasteiger partial charge in [0.1, 0.15) is 0 Å². The van der Waals surface area contributed by atoms with E-state index >= 15 is 0 Å². The molecule has 0 radical (unpaired) electrons. The Balaban J connectivity index is 2.30. The summed E-state index contributed by atoms with van der Waals surface area (Å²) in [4.78, 5) is 0. The Bertz CT molecular complexity index is 332. The molecule has 0 bridgehead atoms.